The summed E-state index contributed by atoms with van der Waals surface area (Å²) in [5.41, 5.74) is 7.18. The molecule has 0 aliphatic carbocycles. The molecule has 1 aromatic carbocycles. The first kappa shape index (κ1) is 12.0. The number of halogens is 1. The first-order valence-electron chi connectivity index (χ1n) is 4.76. The number of nitrogen functional groups attached to an aromatic ring is 1. The lowest BCUT2D eigenvalue weighted by atomic mass is 10.3. The number of thioether (sulfide) groups is 1. The quantitative estimate of drug-likeness (QED) is 0.866. The molecule has 1 aromatic heterocycles. The number of rotatable bonds is 2. The summed E-state index contributed by atoms with van der Waals surface area (Å²) in [6.07, 6.45) is 1.87. The maximum atomic E-state index is 9.03. The van der Waals surface area contributed by atoms with Crippen LogP contribution in [0.4, 0.5) is 5.82 Å². The second-order valence-electron chi connectivity index (χ2n) is 3.27. The van der Waals surface area contributed by atoms with E-state index in [2.05, 4.69) is 27.1 Å². The van der Waals surface area contributed by atoms with E-state index in [9.17, 15) is 0 Å². The molecule has 0 atom stereocenters. The third-order valence-corrected chi connectivity index (χ3v) is 3.47. The third-order valence-electron chi connectivity index (χ3n) is 2.27. The first-order chi connectivity index (χ1) is 8.17. The van der Waals surface area contributed by atoms with Crippen molar-refractivity contribution >= 4 is 33.5 Å². The van der Waals surface area contributed by atoms with Gasteiger partial charge in [0.05, 0.1) is 5.69 Å². The van der Waals surface area contributed by atoms with Crippen LogP contribution in [0.5, 0.6) is 0 Å². The van der Waals surface area contributed by atoms with Crippen molar-refractivity contribution in [1.29, 1.82) is 5.26 Å². The molecule has 0 saturated carbocycles. The fraction of sp³-hybridized carbons (Fsp3) is 0.0909. The molecular weight excluding hydrogens is 300 g/mol. The minimum Gasteiger partial charge on any atom is -0.382 e. The van der Waals surface area contributed by atoms with Crippen LogP contribution in [-0.2, 0) is 0 Å². The number of nitrogens with zero attached hydrogens (tertiary/aromatic N) is 3. The van der Waals surface area contributed by atoms with Crippen molar-refractivity contribution in [3.05, 3.63) is 34.3 Å². The van der Waals surface area contributed by atoms with E-state index in [1.807, 2.05) is 30.5 Å². The van der Waals surface area contributed by atoms with Crippen molar-refractivity contribution in [3.63, 3.8) is 0 Å². The molecule has 0 radical (unpaired) electrons. The molecule has 0 fully saturated rings. The summed E-state index contributed by atoms with van der Waals surface area (Å²) in [7, 11) is 0. The number of anilines is 1. The number of hydrogen-bond acceptors (Lipinski definition) is 4. The fourth-order valence-corrected chi connectivity index (χ4v) is 2.22. The highest BCUT2D eigenvalue weighted by Crippen LogP contribution is 2.26. The second-order valence-corrected chi connectivity index (χ2v) is 4.98. The molecule has 0 aliphatic rings. The Morgan fingerprint density at radius 3 is 2.53 bits per heavy atom. The van der Waals surface area contributed by atoms with Crippen LogP contribution in [0, 0.1) is 11.3 Å². The van der Waals surface area contributed by atoms with Gasteiger partial charge in [0.15, 0.2) is 0 Å². The Labute approximate surface area is 112 Å². The number of hydrogen-bond donors (Lipinski definition) is 1. The van der Waals surface area contributed by atoms with Crippen LogP contribution in [0.15, 0.2) is 33.8 Å². The summed E-state index contributed by atoms with van der Waals surface area (Å²) in [6.45, 7) is 0. The Kier molecular flexibility index (Phi) is 3.41. The van der Waals surface area contributed by atoms with Gasteiger partial charge >= 0.3 is 0 Å². The van der Waals surface area contributed by atoms with Gasteiger partial charge in [-0.1, -0.05) is 15.9 Å². The Balaban J connectivity index is 2.57. The molecule has 86 valence electrons. The molecule has 0 amide bonds. The summed E-state index contributed by atoms with van der Waals surface area (Å²) < 4.78 is 2.56. The summed E-state index contributed by atoms with van der Waals surface area (Å²) in [6, 6.07) is 9.66. The molecule has 2 rings (SSSR count). The standard InChI is InChI=1S/C11H9BrN4S/c1-17-11-9(6-13)10(14)16(15-11)8-4-2-7(12)3-5-8/h2-5H,14H2,1H3. The van der Waals surface area contributed by atoms with E-state index in [4.69, 9.17) is 11.0 Å². The smallest absolute Gasteiger partial charge is 0.146 e. The molecule has 2 aromatic rings. The zero-order valence-electron chi connectivity index (χ0n) is 9.01. The van der Waals surface area contributed by atoms with Gasteiger partial charge in [-0.3, -0.25) is 0 Å². The van der Waals surface area contributed by atoms with Crippen LogP contribution in [0.3, 0.4) is 0 Å². The van der Waals surface area contributed by atoms with Crippen LogP contribution >= 0.6 is 27.7 Å². The van der Waals surface area contributed by atoms with Gasteiger partial charge in [-0.2, -0.15) is 10.4 Å². The Hall–Kier alpha value is -1.45. The van der Waals surface area contributed by atoms with Gasteiger partial charge in [0.1, 0.15) is 22.5 Å². The van der Waals surface area contributed by atoms with Crippen molar-refractivity contribution < 1.29 is 0 Å². The van der Waals surface area contributed by atoms with Crippen molar-refractivity contribution in [2.24, 2.45) is 0 Å². The van der Waals surface area contributed by atoms with E-state index < -0.39 is 0 Å². The molecule has 0 bridgehead atoms. The SMILES string of the molecule is CSc1nn(-c2ccc(Br)cc2)c(N)c1C#N. The van der Waals surface area contributed by atoms with Gasteiger partial charge in [0.2, 0.25) is 0 Å². The predicted molar refractivity (Wildman–Crippen MR) is 72.2 cm³/mol. The molecular formula is C11H9BrN4S. The molecule has 4 nitrogen and oxygen atoms in total. The van der Waals surface area contributed by atoms with Crippen LogP contribution in [0.1, 0.15) is 5.56 Å². The van der Waals surface area contributed by atoms with E-state index in [0.29, 0.717) is 16.4 Å². The molecule has 17 heavy (non-hydrogen) atoms. The highest BCUT2D eigenvalue weighted by atomic mass is 79.9. The molecule has 0 aliphatic heterocycles. The lowest BCUT2D eigenvalue weighted by Gasteiger charge is -2.03. The van der Waals surface area contributed by atoms with Gasteiger partial charge in [0, 0.05) is 4.47 Å². The lowest BCUT2D eigenvalue weighted by Crippen LogP contribution is -2.02. The van der Waals surface area contributed by atoms with Gasteiger partial charge in [0.25, 0.3) is 0 Å². The largest absolute Gasteiger partial charge is 0.382 e. The molecule has 1 heterocycles. The number of aromatic nitrogens is 2. The molecule has 2 N–H and O–H groups in total. The van der Waals surface area contributed by atoms with Gasteiger partial charge in [-0.15, -0.1) is 11.8 Å². The summed E-state index contributed by atoms with van der Waals surface area (Å²) >= 11 is 4.78. The lowest BCUT2D eigenvalue weighted by molar-refractivity contribution is 0.846. The Morgan fingerprint density at radius 1 is 1.41 bits per heavy atom. The maximum absolute atomic E-state index is 9.03. The first-order valence-corrected chi connectivity index (χ1v) is 6.77. The van der Waals surface area contributed by atoms with Crippen LogP contribution in [-0.4, -0.2) is 16.0 Å². The second kappa shape index (κ2) is 4.82. The molecule has 0 unspecified atom stereocenters. The number of nitrogens with two attached hydrogens (primary N) is 1. The Bertz CT molecular complexity index is 583. The van der Waals surface area contributed by atoms with E-state index in [1.54, 1.807) is 4.68 Å². The zero-order valence-corrected chi connectivity index (χ0v) is 11.4. The average molecular weight is 309 g/mol. The summed E-state index contributed by atoms with van der Waals surface area (Å²) in [5.74, 6) is 0.374. The number of nitriles is 1. The van der Waals surface area contributed by atoms with Gasteiger partial charge in [-0.25, -0.2) is 4.68 Å². The van der Waals surface area contributed by atoms with Crippen molar-refractivity contribution in [3.8, 4) is 11.8 Å². The Morgan fingerprint density at radius 2 is 2.06 bits per heavy atom. The van der Waals surface area contributed by atoms with Crippen molar-refractivity contribution in [1.82, 2.24) is 9.78 Å². The van der Waals surface area contributed by atoms with Gasteiger partial charge < -0.3 is 5.73 Å². The molecule has 6 heteroatoms. The fourth-order valence-electron chi connectivity index (χ4n) is 1.44. The van der Waals surface area contributed by atoms with Crippen LogP contribution in [0.25, 0.3) is 5.69 Å². The van der Waals surface area contributed by atoms with E-state index in [-0.39, 0.29) is 0 Å². The van der Waals surface area contributed by atoms with E-state index in [0.717, 1.165) is 10.2 Å². The van der Waals surface area contributed by atoms with Gasteiger partial charge in [-0.05, 0) is 30.5 Å². The highest BCUT2D eigenvalue weighted by Gasteiger charge is 2.15. The maximum Gasteiger partial charge on any atom is 0.146 e. The van der Waals surface area contributed by atoms with Crippen molar-refractivity contribution in [2.75, 3.05) is 12.0 Å². The summed E-state index contributed by atoms with van der Waals surface area (Å²) in [5, 5.41) is 14.0. The van der Waals surface area contributed by atoms with Crippen LogP contribution < -0.4 is 5.73 Å². The minimum absolute atomic E-state index is 0.374. The van der Waals surface area contributed by atoms with E-state index >= 15 is 0 Å². The minimum atomic E-state index is 0.374. The van der Waals surface area contributed by atoms with Crippen molar-refractivity contribution in [2.45, 2.75) is 5.03 Å². The van der Waals surface area contributed by atoms with E-state index in [1.165, 1.54) is 11.8 Å². The average Bonchev–Trinajstić information content (AvgIpc) is 2.66. The zero-order chi connectivity index (χ0) is 12.4. The molecule has 0 spiro atoms. The summed E-state index contributed by atoms with van der Waals surface area (Å²) in [4.78, 5) is 0. The highest BCUT2D eigenvalue weighted by molar-refractivity contribution is 9.10. The molecule has 0 saturated heterocycles. The monoisotopic (exact) mass is 308 g/mol. The van der Waals surface area contributed by atoms with Crippen LogP contribution in [0.2, 0.25) is 0 Å². The number of benzene rings is 1. The normalized spacial score (nSPS) is 10.2. The third kappa shape index (κ3) is 2.16. The topological polar surface area (TPSA) is 67.6 Å². The predicted octanol–water partition coefficient (Wildman–Crippen LogP) is 2.81.